The molecule has 1 aliphatic rings. The fourth-order valence-electron chi connectivity index (χ4n) is 3.25. The molecule has 0 bridgehead atoms. The number of hydrogen-bond acceptors (Lipinski definition) is 3. The highest BCUT2D eigenvalue weighted by atomic mass is 16.3. The Morgan fingerprint density at radius 1 is 0.760 bits per heavy atom. The Bertz CT molecular complexity index is 904. The second-order valence-corrected chi connectivity index (χ2v) is 6.09. The number of fused-ring (bicyclic) bond motifs is 1. The van der Waals surface area contributed by atoms with Gasteiger partial charge in [0.15, 0.2) is 5.76 Å². The van der Waals surface area contributed by atoms with E-state index in [-0.39, 0.29) is 11.8 Å². The molecule has 1 aromatic heterocycles. The first-order valence-electron chi connectivity index (χ1n) is 8.34. The molecule has 2 aromatic carbocycles. The summed E-state index contributed by atoms with van der Waals surface area (Å²) in [5, 5.41) is 2.02. The lowest BCUT2D eigenvalue weighted by Crippen LogP contribution is -2.50. The third-order valence-corrected chi connectivity index (χ3v) is 4.61. The molecule has 0 unspecified atom stereocenters. The van der Waals surface area contributed by atoms with E-state index in [1.807, 2.05) is 47.4 Å². The van der Waals surface area contributed by atoms with Crippen LogP contribution in [0.2, 0.25) is 0 Å². The van der Waals surface area contributed by atoms with Gasteiger partial charge in [-0.15, -0.1) is 0 Å². The van der Waals surface area contributed by atoms with Crippen LogP contribution >= 0.6 is 0 Å². The summed E-state index contributed by atoms with van der Waals surface area (Å²) in [5.41, 5.74) is 0.712. The highest BCUT2D eigenvalue weighted by Gasteiger charge is 2.27. The van der Waals surface area contributed by atoms with E-state index in [1.54, 1.807) is 17.0 Å². The summed E-state index contributed by atoms with van der Waals surface area (Å²) >= 11 is 0. The number of furan rings is 1. The molecule has 5 nitrogen and oxygen atoms in total. The zero-order valence-electron chi connectivity index (χ0n) is 13.7. The monoisotopic (exact) mass is 334 g/mol. The van der Waals surface area contributed by atoms with Crippen LogP contribution in [-0.2, 0) is 0 Å². The molecule has 126 valence electrons. The molecule has 25 heavy (non-hydrogen) atoms. The summed E-state index contributed by atoms with van der Waals surface area (Å²) < 4.78 is 5.17. The van der Waals surface area contributed by atoms with Crippen LogP contribution in [0.15, 0.2) is 65.3 Å². The largest absolute Gasteiger partial charge is 0.459 e. The van der Waals surface area contributed by atoms with Gasteiger partial charge in [-0.25, -0.2) is 0 Å². The number of hydrogen-bond donors (Lipinski definition) is 0. The number of carbonyl (C=O) groups is 2. The van der Waals surface area contributed by atoms with Crippen LogP contribution in [0.25, 0.3) is 10.8 Å². The molecular formula is C20H18N2O3. The van der Waals surface area contributed by atoms with Crippen molar-refractivity contribution in [2.45, 2.75) is 0 Å². The minimum Gasteiger partial charge on any atom is -0.459 e. The Morgan fingerprint density at radius 3 is 2.16 bits per heavy atom. The maximum Gasteiger partial charge on any atom is 0.289 e. The maximum absolute atomic E-state index is 12.9. The fourth-order valence-corrected chi connectivity index (χ4v) is 3.25. The third kappa shape index (κ3) is 2.89. The smallest absolute Gasteiger partial charge is 0.289 e. The van der Waals surface area contributed by atoms with Crippen LogP contribution in [0.1, 0.15) is 20.9 Å². The van der Waals surface area contributed by atoms with Crippen molar-refractivity contribution in [1.29, 1.82) is 0 Å². The van der Waals surface area contributed by atoms with Crippen molar-refractivity contribution >= 4 is 22.6 Å². The van der Waals surface area contributed by atoms with Crippen LogP contribution in [0.3, 0.4) is 0 Å². The number of piperazine rings is 1. The summed E-state index contributed by atoms with van der Waals surface area (Å²) in [4.78, 5) is 28.8. The van der Waals surface area contributed by atoms with Crippen LogP contribution in [0.5, 0.6) is 0 Å². The second-order valence-electron chi connectivity index (χ2n) is 6.09. The van der Waals surface area contributed by atoms with Gasteiger partial charge < -0.3 is 14.2 Å². The van der Waals surface area contributed by atoms with E-state index in [4.69, 9.17) is 4.42 Å². The number of benzene rings is 2. The highest BCUT2D eigenvalue weighted by molar-refractivity contribution is 6.07. The molecule has 2 amide bonds. The van der Waals surface area contributed by atoms with E-state index < -0.39 is 0 Å². The van der Waals surface area contributed by atoms with E-state index in [9.17, 15) is 9.59 Å². The van der Waals surface area contributed by atoms with Gasteiger partial charge >= 0.3 is 0 Å². The topological polar surface area (TPSA) is 53.8 Å². The Labute approximate surface area is 145 Å². The van der Waals surface area contributed by atoms with E-state index >= 15 is 0 Å². The van der Waals surface area contributed by atoms with E-state index in [0.717, 1.165) is 10.8 Å². The van der Waals surface area contributed by atoms with Gasteiger partial charge in [-0.3, -0.25) is 9.59 Å². The lowest BCUT2D eigenvalue weighted by Gasteiger charge is -2.34. The number of amides is 2. The van der Waals surface area contributed by atoms with Crippen molar-refractivity contribution in [3.63, 3.8) is 0 Å². The van der Waals surface area contributed by atoms with Gasteiger partial charge in [-0.1, -0.05) is 36.4 Å². The zero-order chi connectivity index (χ0) is 17.2. The second kappa shape index (κ2) is 6.43. The molecule has 3 aromatic rings. The molecule has 0 atom stereocenters. The summed E-state index contributed by atoms with van der Waals surface area (Å²) in [6, 6.07) is 17.0. The molecule has 0 radical (unpaired) electrons. The molecule has 0 saturated carbocycles. The van der Waals surface area contributed by atoms with Gasteiger partial charge in [0.1, 0.15) is 0 Å². The third-order valence-electron chi connectivity index (χ3n) is 4.61. The minimum atomic E-state index is -0.123. The van der Waals surface area contributed by atoms with Gasteiger partial charge in [-0.2, -0.15) is 0 Å². The minimum absolute atomic E-state index is 0.0156. The van der Waals surface area contributed by atoms with Gasteiger partial charge in [0.2, 0.25) is 0 Å². The summed E-state index contributed by atoms with van der Waals surface area (Å²) in [6.45, 7) is 2.06. The molecule has 1 aliphatic heterocycles. The summed E-state index contributed by atoms with van der Waals surface area (Å²) in [5.74, 6) is 0.234. The number of carbonyl (C=O) groups excluding carboxylic acids is 2. The molecule has 2 heterocycles. The van der Waals surface area contributed by atoms with Crippen LogP contribution in [0, 0.1) is 0 Å². The predicted octanol–water partition coefficient (Wildman–Crippen LogP) is 3.03. The molecule has 0 N–H and O–H groups in total. The lowest BCUT2D eigenvalue weighted by atomic mass is 10.0. The molecule has 5 heteroatoms. The molecular weight excluding hydrogens is 316 g/mol. The fraction of sp³-hybridized carbons (Fsp3) is 0.200. The SMILES string of the molecule is O=C(c1ccco1)N1CCN(C(=O)c2cccc3ccccc23)CC1. The van der Waals surface area contributed by atoms with Crippen LogP contribution in [0.4, 0.5) is 0 Å². The Morgan fingerprint density at radius 2 is 1.44 bits per heavy atom. The van der Waals surface area contributed by atoms with Gasteiger partial charge in [0.25, 0.3) is 11.8 Å². The van der Waals surface area contributed by atoms with E-state index in [1.165, 1.54) is 6.26 Å². The molecule has 1 fully saturated rings. The quantitative estimate of drug-likeness (QED) is 0.724. The Balaban J connectivity index is 1.49. The maximum atomic E-state index is 12.9. The standard InChI is InChI=1S/C20H18N2O3/c23-19(17-8-3-6-15-5-1-2-7-16(15)17)21-10-12-22(13-11-21)20(24)18-9-4-14-25-18/h1-9,14H,10-13H2. The first-order chi connectivity index (χ1) is 12.2. The van der Waals surface area contributed by atoms with Crippen molar-refractivity contribution in [3.05, 3.63) is 72.2 Å². The Kier molecular flexibility index (Phi) is 3.98. The summed E-state index contributed by atoms with van der Waals surface area (Å²) in [6.07, 6.45) is 1.49. The van der Waals surface area contributed by atoms with E-state index in [0.29, 0.717) is 37.5 Å². The van der Waals surface area contributed by atoms with Crippen molar-refractivity contribution in [2.24, 2.45) is 0 Å². The average molecular weight is 334 g/mol. The van der Waals surface area contributed by atoms with Crippen molar-refractivity contribution < 1.29 is 14.0 Å². The van der Waals surface area contributed by atoms with Gasteiger partial charge in [0.05, 0.1) is 6.26 Å². The van der Waals surface area contributed by atoms with Crippen LogP contribution < -0.4 is 0 Å². The van der Waals surface area contributed by atoms with Crippen molar-refractivity contribution in [1.82, 2.24) is 9.80 Å². The van der Waals surface area contributed by atoms with Gasteiger partial charge in [0, 0.05) is 31.7 Å². The molecule has 1 saturated heterocycles. The zero-order valence-corrected chi connectivity index (χ0v) is 13.7. The highest BCUT2D eigenvalue weighted by Crippen LogP contribution is 2.21. The number of rotatable bonds is 2. The predicted molar refractivity (Wildman–Crippen MR) is 94.5 cm³/mol. The van der Waals surface area contributed by atoms with Crippen molar-refractivity contribution in [3.8, 4) is 0 Å². The average Bonchev–Trinajstić information content (AvgIpc) is 3.21. The van der Waals surface area contributed by atoms with Crippen LogP contribution in [-0.4, -0.2) is 47.8 Å². The first kappa shape index (κ1) is 15.4. The molecule has 0 aliphatic carbocycles. The molecule has 4 rings (SSSR count). The normalized spacial score (nSPS) is 14.7. The molecule has 0 spiro atoms. The summed E-state index contributed by atoms with van der Waals surface area (Å²) in [7, 11) is 0. The van der Waals surface area contributed by atoms with Gasteiger partial charge in [-0.05, 0) is 29.0 Å². The van der Waals surface area contributed by atoms with E-state index in [2.05, 4.69) is 0 Å². The van der Waals surface area contributed by atoms with Crippen molar-refractivity contribution in [2.75, 3.05) is 26.2 Å². The Hall–Kier alpha value is -3.08. The number of nitrogens with zero attached hydrogens (tertiary/aromatic N) is 2. The lowest BCUT2D eigenvalue weighted by molar-refractivity contribution is 0.0519. The first-order valence-corrected chi connectivity index (χ1v) is 8.34.